The van der Waals surface area contributed by atoms with Crippen molar-refractivity contribution in [2.45, 2.75) is 9.95 Å². The van der Waals surface area contributed by atoms with Gasteiger partial charge in [-0.15, -0.1) is 0 Å². The first-order valence-corrected chi connectivity index (χ1v) is 12.9. The zero-order valence-electron chi connectivity index (χ0n) is 16.1. The van der Waals surface area contributed by atoms with Gasteiger partial charge in [-0.05, 0) is 58.5 Å². The van der Waals surface area contributed by atoms with E-state index in [1.54, 1.807) is 0 Å². The number of ether oxygens (including phenoxy) is 1. The Morgan fingerprint density at radius 1 is 1.27 bits per heavy atom. The van der Waals surface area contributed by atoms with Gasteiger partial charge in [0.15, 0.2) is 0 Å². The van der Waals surface area contributed by atoms with Crippen LogP contribution in [-0.4, -0.2) is 49.9 Å². The SMILES string of the molecule is CN(CCSS(=O)(=O)[O-])c1ccc(/C=C/C23OC(=O)CN2c2ccccc2S3)cc1. The number of anilines is 2. The third-order valence-electron chi connectivity index (χ3n) is 4.81. The van der Waals surface area contributed by atoms with Gasteiger partial charge in [-0.25, -0.2) is 8.42 Å². The third kappa shape index (κ3) is 4.46. The fourth-order valence-corrected chi connectivity index (χ4v) is 6.02. The van der Waals surface area contributed by atoms with Crippen LogP contribution in [0.5, 0.6) is 0 Å². The minimum Gasteiger partial charge on any atom is -0.739 e. The van der Waals surface area contributed by atoms with Gasteiger partial charge in [-0.2, -0.15) is 0 Å². The highest BCUT2D eigenvalue weighted by molar-refractivity contribution is 8.69. The maximum Gasteiger partial charge on any atom is 0.328 e. The number of benzene rings is 2. The number of carbonyl (C=O) groups is 1. The van der Waals surface area contributed by atoms with E-state index in [0.717, 1.165) is 21.8 Å². The van der Waals surface area contributed by atoms with Gasteiger partial charge in [0, 0.05) is 29.9 Å². The molecule has 1 atom stereocenters. The van der Waals surface area contributed by atoms with Gasteiger partial charge in [-0.3, -0.25) is 4.79 Å². The first kappa shape index (κ1) is 21.1. The van der Waals surface area contributed by atoms with E-state index < -0.39 is 14.2 Å². The normalized spacial score (nSPS) is 20.3. The Morgan fingerprint density at radius 3 is 2.73 bits per heavy atom. The quantitative estimate of drug-likeness (QED) is 0.349. The Morgan fingerprint density at radius 2 is 2.00 bits per heavy atom. The molecular formula is C20H19N2O5S3-. The van der Waals surface area contributed by atoms with Crippen molar-refractivity contribution < 1.29 is 22.5 Å². The predicted molar refractivity (Wildman–Crippen MR) is 119 cm³/mol. The number of carbonyl (C=O) groups excluding carboxylic acids is 1. The number of nitrogens with zero attached hydrogens (tertiary/aromatic N) is 2. The molecule has 2 heterocycles. The molecule has 2 aliphatic heterocycles. The van der Waals surface area contributed by atoms with Crippen LogP contribution in [0.25, 0.3) is 6.08 Å². The molecule has 0 aliphatic carbocycles. The summed E-state index contributed by atoms with van der Waals surface area (Å²) in [7, 11) is -2.03. The standard InChI is InChI=1S/C20H20N2O5S3/c1-21(12-13-28-30(24,25)26)16-8-6-15(7-9-16)10-11-20-22(14-19(23)27-20)17-4-2-3-5-18(17)29-20/h2-11H,12-14H2,1H3,(H,24,25,26)/p-1/b11-10+. The summed E-state index contributed by atoms with van der Waals surface area (Å²) in [6.45, 7) is 0.652. The lowest BCUT2D eigenvalue weighted by atomic mass is 10.1. The Labute approximate surface area is 183 Å². The van der Waals surface area contributed by atoms with E-state index in [0.29, 0.717) is 17.3 Å². The molecule has 10 heteroatoms. The van der Waals surface area contributed by atoms with Crippen molar-refractivity contribution in [2.75, 3.05) is 35.7 Å². The highest BCUT2D eigenvalue weighted by Crippen LogP contribution is 2.54. The molecule has 2 aromatic rings. The van der Waals surface area contributed by atoms with Crippen LogP contribution >= 0.6 is 22.6 Å². The van der Waals surface area contributed by atoms with E-state index in [4.69, 9.17) is 4.74 Å². The van der Waals surface area contributed by atoms with Gasteiger partial charge in [-0.1, -0.05) is 30.3 Å². The van der Waals surface area contributed by atoms with E-state index in [1.165, 1.54) is 11.8 Å². The molecule has 30 heavy (non-hydrogen) atoms. The van der Waals surface area contributed by atoms with Crippen LogP contribution in [0.15, 0.2) is 59.5 Å². The summed E-state index contributed by atoms with van der Waals surface area (Å²) in [6, 6.07) is 15.6. The summed E-state index contributed by atoms with van der Waals surface area (Å²) in [5.74, 6) is -0.0533. The second-order valence-corrected chi connectivity index (χ2v) is 11.5. The van der Waals surface area contributed by atoms with Crippen molar-refractivity contribution >= 4 is 55.1 Å². The first-order chi connectivity index (χ1) is 14.3. The zero-order valence-corrected chi connectivity index (χ0v) is 18.5. The molecule has 2 aliphatic rings. The fourth-order valence-electron chi connectivity index (χ4n) is 3.35. The maximum absolute atomic E-state index is 12.0. The topological polar surface area (TPSA) is 90.0 Å². The van der Waals surface area contributed by atoms with Crippen LogP contribution in [0.4, 0.5) is 11.4 Å². The average Bonchev–Trinajstić information content (AvgIpc) is 3.17. The van der Waals surface area contributed by atoms with Crippen LogP contribution < -0.4 is 9.80 Å². The van der Waals surface area contributed by atoms with Crippen molar-refractivity contribution in [1.29, 1.82) is 0 Å². The van der Waals surface area contributed by atoms with Crippen LogP contribution in [0, 0.1) is 0 Å². The van der Waals surface area contributed by atoms with Crippen molar-refractivity contribution in [2.24, 2.45) is 0 Å². The number of fused-ring (bicyclic) bond motifs is 3. The summed E-state index contributed by atoms with van der Waals surface area (Å²) < 4.78 is 37.8. The lowest BCUT2D eigenvalue weighted by Crippen LogP contribution is -2.36. The van der Waals surface area contributed by atoms with Gasteiger partial charge < -0.3 is 19.1 Å². The number of esters is 1. The van der Waals surface area contributed by atoms with E-state index in [2.05, 4.69) is 0 Å². The van der Waals surface area contributed by atoms with Crippen LogP contribution in [0.1, 0.15) is 5.56 Å². The zero-order chi connectivity index (χ0) is 21.4. The number of para-hydroxylation sites is 1. The second-order valence-electron chi connectivity index (χ2n) is 6.84. The number of thioether (sulfide) groups is 1. The van der Waals surface area contributed by atoms with Crippen LogP contribution in [0.2, 0.25) is 0 Å². The molecule has 4 rings (SSSR count). The van der Waals surface area contributed by atoms with Gasteiger partial charge in [0.25, 0.3) is 5.06 Å². The summed E-state index contributed by atoms with van der Waals surface area (Å²) in [6.07, 6.45) is 3.82. The average molecular weight is 464 g/mol. The van der Waals surface area contributed by atoms with E-state index in [-0.39, 0.29) is 18.3 Å². The molecule has 1 unspecified atom stereocenters. The largest absolute Gasteiger partial charge is 0.739 e. The lowest BCUT2D eigenvalue weighted by molar-refractivity contribution is -0.140. The molecule has 1 saturated heterocycles. The second kappa shape index (κ2) is 8.18. The molecule has 0 N–H and O–H groups in total. The molecule has 2 aromatic carbocycles. The molecule has 0 aromatic heterocycles. The monoisotopic (exact) mass is 463 g/mol. The summed E-state index contributed by atoms with van der Waals surface area (Å²) in [5.41, 5.74) is 2.84. The van der Waals surface area contributed by atoms with Crippen molar-refractivity contribution in [3.63, 3.8) is 0 Å². The minimum absolute atomic E-state index is 0.200. The minimum atomic E-state index is -4.27. The van der Waals surface area contributed by atoms with E-state index in [9.17, 15) is 17.8 Å². The number of hydrogen-bond acceptors (Lipinski definition) is 9. The summed E-state index contributed by atoms with van der Waals surface area (Å²) >= 11 is 1.51. The van der Waals surface area contributed by atoms with Gasteiger partial charge in [0.05, 0.1) is 5.69 Å². The highest BCUT2D eigenvalue weighted by atomic mass is 33.1. The Bertz CT molecular complexity index is 1090. The Kier molecular flexibility index (Phi) is 5.75. The molecular weight excluding hydrogens is 444 g/mol. The number of hydrogen-bond donors (Lipinski definition) is 0. The Hall–Kier alpha value is -2.14. The molecule has 1 fully saturated rings. The molecule has 0 spiro atoms. The lowest BCUT2D eigenvalue weighted by Gasteiger charge is -2.26. The van der Waals surface area contributed by atoms with Gasteiger partial charge >= 0.3 is 5.97 Å². The third-order valence-corrected chi connectivity index (χ3v) is 8.11. The van der Waals surface area contributed by atoms with Crippen molar-refractivity contribution in [3.8, 4) is 0 Å². The summed E-state index contributed by atoms with van der Waals surface area (Å²) in [4.78, 5) is 16.9. The molecule has 0 bridgehead atoms. The van der Waals surface area contributed by atoms with Gasteiger partial charge in [0.1, 0.15) is 15.7 Å². The predicted octanol–water partition coefficient (Wildman–Crippen LogP) is 3.15. The smallest absolute Gasteiger partial charge is 0.328 e. The van der Waals surface area contributed by atoms with Gasteiger partial charge in [0.2, 0.25) is 0 Å². The molecule has 7 nitrogen and oxygen atoms in total. The molecule has 158 valence electrons. The van der Waals surface area contributed by atoms with E-state index in [1.807, 2.05) is 77.5 Å². The fraction of sp³-hybridized carbons (Fsp3) is 0.250. The highest BCUT2D eigenvalue weighted by Gasteiger charge is 2.52. The Balaban J connectivity index is 1.45. The number of rotatable bonds is 7. The van der Waals surface area contributed by atoms with Crippen molar-refractivity contribution in [1.82, 2.24) is 0 Å². The molecule has 0 saturated carbocycles. The maximum atomic E-state index is 12.0. The van der Waals surface area contributed by atoms with Crippen molar-refractivity contribution in [3.05, 3.63) is 60.2 Å². The van der Waals surface area contributed by atoms with Crippen LogP contribution in [0.3, 0.4) is 0 Å². The van der Waals surface area contributed by atoms with Crippen LogP contribution in [-0.2, 0) is 18.7 Å². The first-order valence-electron chi connectivity index (χ1n) is 9.14. The molecule has 0 amide bonds. The molecule has 0 radical (unpaired) electrons. The summed E-state index contributed by atoms with van der Waals surface area (Å²) in [5, 5.41) is -0.864. The van der Waals surface area contributed by atoms with E-state index >= 15 is 0 Å².